The van der Waals surface area contributed by atoms with Crippen molar-refractivity contribution in [2.75, 3.05) is 5.73 Å². The summed E-state index contributed by atoms with van der Waals surface area (Å²) in [4.78, 5) is 17.1. The minimum Gasteiger partial charge on any atom is -0.464 e. The first-order valence-electron chi connectivity index (χ1n) is 10.1. The summed E-state index contributed by atoms with van der Waals surface area (Å²) in [5.41, 5.74) is 8.17. The molecular weight excluding hydrogens is 366 g/mol. The van der Waals surface area contributed by atoms with Crippen molar-refractivity contribution in [3.63, 3.8) is 0 Å². The molecule has 6 nitrogen and oxygen atoms in total. The molecule has 152 valence electrons. The molecule has 1 aromatic carbocycles. The number of nitrogens with two attached hydrogens (primary N) is 1. The van der Waals surface area contributed by atoms with Gasteiger partial charge in [0, 0.05) is 28.6 Å². The summed E-state index contributed by atoms with van der Waals surface area (Å²) >= 11 is 0. The number of nitrogens with one attached hydrogen (secondary N) is 1. The molecule has 0 spiro atoms. The number of nitrogens with zero attached hydrogens (tertiary/aromatic N) is 1. The first-order valence-corrected chi connectivity index (χ1v) is 10.1. The number of nitrogen functional groups attached to an aromatic ring is 1. The molecule has 0 bridgehead atoms. The third kappa shape index (κ3) is 4.12. The lowest BCUT2D eigenvalue weighted by Gasteiger charge is -2.36. The van der Waals surface area contributed by atoms with Gasteiger partial charge in [0.15, 0.2) is 0 Å². The maximum absolute atomic E-state index is 12.7. The van der Waals surface area contributed by atoms with Crippen molar-refractivity contribution in [3.05, 3.63) is 48.2 Å². The van der Waals surface area contributed by atoms with Crippen LogP contribution >= 0.6 is 0 Å². The Hall–Kier alpha value is -2.86. The molecule has 1 aliphatic carbocycles. The zero-order chi connectivity index (χ0) is 20.6. The van der Waals surface area contributed by atoms with Crippen molar-refractivity contribution >= 4 is 22.7 Å². The molecule has 1 aliphatic rings. The fourth-order valence-electron chi connectivity index (χ4n) is 4.20. The Morgan fingerprint density at radius 2 is 1.86 bits per heavy atom. The first kappa shape index (κ1) is 19.5. The maximum atomic E-state index is 12.7. The van der Waals surface area contributed by atoms with Crippen LogP contribution in [0.2, 0.25) is 0 Å². The van der Waals surface area contributed by atoms with E-state index in [0.29, 0.717) is 22.9 Å². The van der Waals surface area contributed by atoms with E-state index in [-0.39, 0.29) is 11.9 Å². The van der Waals surface area contributed by atoms with Crippen LogP contribution < -0.4 is 11.1 Å². The highest BCUT2D eigenvalue weighted by Gasteiger charge is 2.31. The average Bonchev–Trinajstić information content (AvgIpc) is 3.15. The summed E-state index contributed by atoms with van der Waals surface area (Å²) in [5, 5.41) is 14.2. The molecule has 0 saturated heterocycles. The predicted octanol–water partition coefficient (Wildman–Crippen LogP) is 4.14. The topological polar surface area (TPSA) is 101 Å². The van der Waals surface area contributed by atoms with Crippen LogP contribution in [0, 0.1) is 5.92 Å². The smallest absolute Gasteiger partial charge is 0.251 e. The number of furan rings is 1. The van der Waals surface area contributed by atoms with Crippen LogP contribution in [0.5, 0.6) is 0 Å². The number of anilines is 1. The number of amides is 1. The fraction of sp³-hybridized carbons (Fsp3) is 0.391. The van der Waals surface area contributed by atoms with Gasteiger partial charge in [0.25, 0.3) is 5.91 Å². The van der Waals surface area contributed by atoms with E-state index in [0.717, 1.165) is 42.3 Å². The van der Waals surface area contributed by atoms with E-state index in [9.17, 15) is 9.90 Å². The van der Waals surface area contributed by atoms with E-state index < -0.39 is 5.60 Å². The molecule has 2 aromatic heterocycles. The van der Waals surface area contributed by atoms with Gasteiger partial charge in [0.2, 0.25) is 0 Å². The molecule has 3 aromatic rings. The van der Waals surface area contributed by atoms with Crippen LogP contribution in [-0.2, 0) is 0 Å². The monoisotopic (exact) mass is 393 g/mol. The Morgan fingerprint density at radius 3 is 2.52 bits per heavy atom. The Labute approximate surface area is 170 Å². The molecule has 0 atom stereocenters. The number of hydrogen-bond donors (Lipinski definition) is 3. The normalized spacial score (nSPS) is 20.0. The van der Waals surface area contributed by atoms with Crippen molar-refractivity contribution in [1.29, 1.82) is 0 Å². The molecule has 6 heteroatoms. The highest BCUT2D eigenvalue weighted by Crippen LogP contribution is 2.33. The molecule has 0 radical (unpaired) electrons. The average molecular weight is 393 g/mol. The van der Waals surface area contributed by atoms with Gasteiger partial charge in [-0.15, -0.1) is 0 Å². The number of carbonyl (C=O) groups is 1. The summed E-state index contributed by atoms with van der Waals surface area (Å²) < 4.78 is 5.44. The third-order valence-corrected chi connectivity index (χ3v) is 5.95. The minimum atomic E-state index is -0.653. The van der Waals surface area contributed by atoms with Crippen molar-refractivity contribution in [3.8, 4) is 11.3 Å². The molecule has 2 heterocycles. The molecule has 1 fully saturated rings. The number of aromatic nitrogens is 1. The molecule has 1 saturated carbocycles. The Morgan fingerprint density at radius 1 is 1.17 bits per heavy atom. The molecule has 0 unspecified atom stereocenters. The molecule has 0 aliphatic heterocycles. The second-order valence-electron chi connectivity index (χ2n) is 8.48. The molecular formula is C23H27N3O3. The van der Waals surface area contributed by atoms with E-state index in [1.165, 1.54) is 0 Å². The van der Waals surface area contributed by atoms with Gasteiger partial charge in [-0.3, -0.25) is 4.79 Å². The quantitative estimate of drug-likeness (QED) is 0.618. The van der Waals surface area contributed by atoms with Crippen molar-refractivity contribution in [2.45, 2.75) is 51.2 Å². The molecule has 4 rings (SSSR count). The summed E-state index contributed by atoms with van der Waals surface area (Å²) in [7, 11) is 0. The van der Waals surface area contributed by atoms with Crippen LogP contribution in [0.3, 0.4) is 0 Å². The van der Waals surface area contributed by atoms with E-state index in [2.05, 4.69) is 10.3 Å². The molecule has 29 heavy (non-hydrogen) atoms. The van der Waals surface area contributed by atoms with Gasteiger partial charge in [0.1, 0.15) is 11.4 Å². The summed E-state index contributed by atoms with van der Waals surface area (Å²) in [5.74, 6) is 0.615. The third-order valence-electron chi connectivity index (χ3n) is 5.95. The van der Waals surface area contributed by atoms with E-state index in [1.807, 2.05) is 44.2 Å². The van der Waals surface area contributed by atoms with Crippen LogP contribution in [-0.4, -0.2) is 27.6 Å². The lowest BCUT2D eigenvalue weighted by atomic mass is 9.77. The van der Waals surface area contributed by atoms with Crippen LogP contribution in [0.4, 0.5) is 5.82 Å². The lowest BCUT2D eigenvalue weighted by Crippen LogP contribution is -2.41. The fourth-order valence-corrected chi connectivity index (χ4v) is 4.20. The van der Waals surface area contributed by atoms with Gasteiger partial charge in [-0.2, -0.15) is 0 Å². The standard InChI is InChI=1S/C23H27N3O3/c1-23(2,28)16-7-9-17(10-8-16)25-22(27)15-5-3-14(4-6-15)21-18-11-12-29-19(18)13-20(24)26-21/h3-6,11-13,16-17,28H,7-10H2,1-2H3,(H2,24,26)(H,25,27)/t16-,17-. The minimum absolute atomic E-state index is 0.0720. The van der Waals surface area contributed by atoms with Crippen molar-refractivity contribution in [1.82, 2.24) is 10.3 Å². The Kier molecular flexibility index (Phi) is 5.04. The van der Waals surface area contributed by atoms with E-state index >= 15 is 0 Å². The number of aliphatic hydroxyl groups is 1. The number of benzene rings is 1. The van der Waals surface area contributed by atoms with Crippen LogP contribution in [0.15, 0.2) is 47.1 Å². The van der Waals surface area contributed by atoms with Gasteiger partial charge >= 0.3 is 0 Å². The zero-order valence-electron chi connectivity index (χ0n) is 16.8. The van der Waals surface area contributed by atoms with Crippen LogP contribution in [0.1, 0.15) is 49.9 Å². The van der Waals surface area contributed by atoms with Crippen LogP contribution in [0.25, 0.3) is 22.2 Å². The Bertz CT molecular complexity index is 1010. The largest absolute Gasteiger partial charge is 0.464 e. The lowest BCUT2D eigenvalue weighted by molar-refractivity contribution is -0.00257. The van der Waals surface area contributed by atoms with Crippen molar-refractivity contribution in [2.24, 2.45) is 5.92 Å². The molecule has 1 amide bonds. The summed E-state index contributed by atoms with van der Waals surface area (Å²) in [6.07, 6.45) is 5.25. The van der Waals surface area contributed by atoms with Gasteiger partial charge in [0.05, 0.1) is 17.6 Å². The SMILES string of the molecule is CC(C)(O)[C@H]1CC[C@H](NC(=O)c2ccc(-c3nc(N)cc4occc34)cc2)CC1. The van der Waals surface area contributed by atoms with E-state index in [4.69, 9.17) is 10.2 Å². The zero-order valence-corrected chi connectivity index (χ0v) is 16.8. The number of pyridine rings is 1. The van der Waals surface area contributed by atoms with Gasteiger partial charge in [-0.1, -0.05) is 12.1 Å². The highest BCUT2D eigenvalue weighted by atomic mass is 16.3. The van der Waals surface area contributed by atoms with Gasteiger partial charge in [-0.25, -0.2) is 4.98 Å². The van der Waals surface area contributed by atoms with Crippen molar-refractivity contribution < 1.29 is 14.3 Å². The number of fused-ring (bicyclic) bond motifs is 1. The number of carbonyl (C=O) groups excluding carboxylic acids is 1. The van der Waals surface area contributed by atoms with Gasteiger partial charge in [-0.05, 0) is 63.6 Å². The van der Waals surface area contributed by atoms with E-state index in [1.54, 1.807) is 12.3 Å². The second kappa shape index (κ2) is 7.52. The predicted molar refractivity (Wildman–Crippen MR) is 113 cm³/mol. The van der Waals surface area contributed by atoms with Gasteiger partial charge < -0.3 is 20.6 Å². The number of rotatable bonds is 4. The molecule has 4 N–H and O–H groups in total. The first-order chi connectivity index (χ1) is 13.8. The number of hydrogen-bond acceptors (Lipinski definition) is 5. The second-order valence-corrected chi connectivity index (χ2v) is 8.48. The summed E-state index contributed by atoms with van der Waals surface area (Å²) in [6, 6.07) is 11.1. The Balaban J connectivity index is 1.44. The maximum Gasteiger partial charge on any atom is 0.251 e. The highest BCUT2D eigenvalue weighted by molar-refractivity contribution is 5.96. The summed E-state index contributed by atoms with van der Waals surface area (Å²) in [6.45, 7) is 3.73.